The predicted octanol–water partition coefficient (Wildman–Crippen LogP) is 8.39. The van der Waals surface area contributed by atoms with E-state index in [-0.39, 0.29) is 6.42 Å². The molecule has 0 saturated heterocycles. The highest BCUT2D eigenvalue weighted by molar-refractivity contribution is 6.00. The van der Waals surface area contributed by atoms with E-state index in [1.807, 2.05) is 41.5 Å². The maximum atomic E-state index is 13.5. The van der Waals surface area contributed by atoms with E-state index in [1.165, 1.54) is 32.1 Å². The molecule has 0 atom stereocenters. The molecule has 0 heterocycles. The Bertz CT molecular complexity index is 598. The molecule has 36 heavy (non-hydrogen) atoms. The van der Waals surface area contributed by atoms with Gasteiger partial charge in [-0.05, 0) is 60.8 Å². The van der Waals surface area contributed by atoms with Crippen molar-refractivity contribution in [1.82, 2.24) is 0 Å². The first-order chi connectivity index (χ1) is 16.7. The summed E-state index contributed by atoms with van der Waals surface area (Å²) in [6.45, 7) is 13.2. The lowest BCUT2D eigenvalue weighted by molar-refractivity contribution is -0.187. The van der Waals surface area contributed by atoms with E-state index in [0.29, 0.717) is 19.3 Å². The van der Waals surface area contributed by atoms with Crippen LogP contribution >= 0.6 is 0 Å². The van der Waals surface area contributed by atoms with Crippen LogP contribution in [0.1, 0.15) is 158 Å². The van der Waals surface area contributed by atoms with Gasteiger partial charge in [0.1, 0.15) is 11.2 Å². The molecule has 0 aromatic carbocycles. The fraction of sp³-hybridized carbons (Fsp3) is 0.900. The molecule has 0 amide bonds. The van der Waals surface area contributed by atoms with Gasteiger partial charge in [0.05, 0.1) is 0 Å². The molecular weight excluding hydrogens is 456 g/mol. The SMILES string of the molecule is CCCCCCCCCCC(CCCCCCCCC(=O)O)(C(=O)OC(C)(C)C)C(=O)OC(C)(C)C. The van der Waals surface area contributed by atoms with Gasteiger partial charge in [0, 0.05) is 6.42 Å². The number of hydrogen-bond acceptors (Lipinski definition) is 5. The Morgan fingerprint density at radius 1 is 0.556 bits per heavy atom. The van der Waals surface area contributed by atoms with Crippen molar-refractivity contribution in [2.24, 2.45) is 5.41 Å². The third-order valence-corrected chi connectivity index (χ3v) is 6.28. The average molecular weight is 513 g/mol. The lowest BCUT2D eigenvalue weighted by Crippen LogP contribution is -2.46. The van der Waals surface area contributed by atoms with Gasteiger partial charge in [-0.3, -0.25) is 14.4 Å². The zero-order chi connectivity index (χ0) is 27.7. The van der Waals surface area contributed by atoms with Crippen LogP contribution in [-0.4, -0.2) is 34.2 Å². The molecule has 0 radical (unpaired) electrons. The lowest BCUT2D eigenvalue weighted by atomic mass is 9.77. The largest absolute Gasteiger partial charge is 0.481 e. The molecule has 0 unspecified atom stereocenters. The van der Waals surface area contributed by atoms with Crippen molar-refractivity contribution in [3.63, 3.8) is 0 Å². The number of unbranched alkanes of at least 4 members (excludes halogenated alkanes) is 12. The fourth-order valence-corrected chi connectivity index (χ4v) is 4.34. The van der Waals surface area contributed by atoms with Gasteiger partial charge in [-0.25, -0.2) is 0 Å². The molecule has 0 fully saturated rings. The van der Waals surface area contributed by atoms with Crippen LogP contribution in [0.5, 0.6) is 0 Å². The number of carbonyl (C=O) groups is 3. The van der Waals surface area contributed by atoms with Crippen LogP contribution in [0.25, 0.3) is 0 Å². The zero-order valence-corrected chi connectivity index (χ0v) is 24.5. The first kappa shape index (κ1) is 34.4. The summed E-state index contributed by atoms with van der Waals surface area (Å²) in [7, 11) is 0. The van der Waals surface area contributed by atoms with Crippen LogP contribution in [0.2, 0.25) is 0 Å². The summed E-state index contributed by atoms with van der Waals surface area (Å²) in [5, 5.41) is 8.77. The van der Waals surface area contributed by atoms with Crippen LogP contribution in [0.15, 0.2) is 0 Å². The van der Waals surface area contributed by atoms with Crippen molar-refractivity contribution < 1.29 is 29.0 Å². The summed E-state index contributed by atoms with van der Waals surface area (Å²) in [5.74, 6) is -1.68. The summed E-state index contributed by atoms with van der Waals surface area (Å²) in [5.41, 5.74) is -2.66. The van der Waals surface area contributed by atoms with Crippen molar-refractivity contribution in [2.75, 3.05) is 0 Å². The number of carboxylic acid groups (broad SMARTS) is 1. The van der Waals surface area contributed by atoms with E-state index < -0.39 is 34.5 Å². The Labute approximate surface area is 221 Å². The predicted molar refractivity (Wildman–Crippen MR) is 146 cm³/mol. The molecular formula is C30H56O6. The van der Waals surface area contributed by atoms with Gasteiger partial charge >= 0.3 is 17.9 Å². The highest BCUT2D eigenvalue weighted by Gasteiger charge is 2.50. The van der Waals surface area contributed by atoms with Crippen LogP contribution in [0, 0.1) is 5.41 Å². The monoisotopic (exact) mass is 512 g/mol. The van der Waals surface area contributed by atoms with Gasteiger partial charge in [0.25, 0.3) is 0 Å². The van der Waals surface area contributed by atoms with E-state index in [1.54, 1.807) is 0 Å². The third-order valence-electron chi connectivity index (χ3n) is 6.28. The van der Waals surface area contributed by atoms with Crippen molar-refractivity contribution >= 4 is 17.9 Å². The number of aliphatic carboxylic acids is 1. The Morgan fingerprint density at radius 2 is 0.889 bits per heavy atom. The summed E-state index contributed by atoms with van der Waals surface area (Å²) >= 11 is 0. The van der Waals surface area contributed by atoms with E-state index in [9.17, 15) is 14.4 Å². The number of carbonyl (C=O) groups excluding carboxylic acids is 2. The van der Waals surface area contributed by atoms with Crippen molar-refractivity contribution in [3.05, 3.63) is 0 Å². The second kappa shape index (κ2) is 17.8. The standard InChI is InChI=1S/C30H56O6/c1-8-9-10-11-12-14-17-20-23-30(26(33)35-28(2,3)4,27(34)36-29(5,6)7)24-21-18-15-13-16-19-22-25(31)32/h8-24H2,1-7H3,(H,31,32). The van der Waals surface area contributed by atoms with Gasteiger partial charge in [-0.2, -0.15) is 0 Å². The number of esters is 2. The van der Waals surface area contributed by atoms with E-state index in [0.717, 1.165) is 51.4 Å². The summed E-state index contributed by atoms with van der Waals surface area (Å²) < 4.78 is 11.6. The highest BCUT2D eigenvalue weighted by atomic mass is 16.6. The van der Waals surface area contributed by atoms with E-state index in [2.05, 4.69) is 6.92 Å². The molecule has 0 bridgehead atoms. The number of carboxylic acids is 1. The lowest BCUT2D eigenvalue weighted by Gasteiger charge is -2.35. The second-order valence-corrected chi connectivity index (χ2v) is 12.3. The molecule has 0 spiro atoms. The zero-order valence-electron chi connectivity index (χ0n) is 24.5. The summed E-state index contributed by atoms with van der Waals surface area (Å²) in [6.07, 6.45) is 15.3. The van der Waals surface area contributed by atoms with Crippen LogP contribution in [-0.2, 0) is 23.9 Å². The molecule has 0 rings (SSSR count). The topological polar surface area (TPSA) is 89.9 Å². The first-order valence-corrected chi connectivity index (χ1v) is 14.4. The molecule has 0 aliphatic rings. The van der Waals surface area contributed by atoms with Gasteiger partial charge in [0.2, 0.25) is 0 Å². The molecule has 6 nitrogen and oxygen atoms in total. The Hall–Kier alpha value is -1.59. The van der Waals surface area contributed by atoms with Crippen molar-refractivity contribution in [2.45, 2.75) is 169 Å². The van der Waals surface area contributed by atoms with Crippen molar-refractivity contribution in [1.29, 1.82) is 0 Å². The smallest absolute Gasteiger partial charge is 0.324 e. The van der Waals surface area contributed by atoms with Crippen LogP contribution < -0.4 is 0 Å². The normalized spacial score (nSPS) is 12.4. The number of ether oxygens (including phenoxy) is 2. The third kappa shape index (κ3) is 17.0. The van der Waals surface area contributed by atoms with E-state index >= 15 is 0 Å². The van der Waals surface area contributed by atoms with Crippen molar-refractivity contribution in [3.8, 4) is 0 Å². The van der Waals surface area contributed by atoms with E-state index in [4.69, 9.17) is 14.6 Å². The number of hydrogen-bond donors (Lipinski definition) is 1. The second-order valence-electron chi connectivity index (χ2n) is 12.3. The molecule has 6 heteroatoms. The van der Waals surface area contributed by atoms with Gasteiger partial charge in [0.15, 0.2) is 5.41 Å². The highest BCUT2D eigenvalue weighted by Crippen LogP contribution is 2.38. The first-order valence-electron chi connectivity index (χ1n) is 14.4. The van der Waals surface area contributed by atoms with Gasteiger partial charge in [-0.15, -0.1) is 0 Å². The molecule has 1 N–H and O–H groups in total. The quantitative estimate of drug-likeness (QED) is 0.100. The Kier molecular flexibility index (Phi) is 17.0. The molecule has 0 aliphatic carbocycles. The van der Waals surface area contributed by atoms with Gasteiger partial charge in [-0.1, -0.05) is 90.4 Å². The van der Waals surface area contributed by atoms with Crippen LogP contribution in [0.4, 0.5) is 0 Å². The molecule has 0 aromatic rings. The minimum absolute atomic E-state index is 0.207. The van der Waals surface area contributed by atoms with Crippen LogP contribution in [0.3, 0.4) is 0 Å². The minimum atomic E-state index is -1.29. The summed E-state index contributed by atoms with van der Waals surface area (Å²) in [4.78, 5) is 37.7. The molecule has 0 aromatic heterocycles. The maximum Gasteiger partial charge on any atom is 0.324 e. The Balaban J connectivity index is 5.27. The van der Waals surface area contributed by atoms with Gasteiger partial charge < -0.3 is 14.6 Å². The average Bonchev–Trinajstić information content (AvgIpc) is 2.73. The fourth-order valence-electron chi connectivity index (χ4n) is 4.34. The molecule has 0 saturated carbocycles. The minimum Gasteiger partial charge on any atom is -0.481 e. The molecule has 212 valence electrons. The number of rotatable bonds is 20. The summed E-state index contributed by atoms with van der Waals surface area (Å²) in [6, 6.07) is 0. The maximum absolute atomic E-state index is 13.5. The molecule has 0 aliphatic heterocycles. The Morgan fingerprint density at radius 3 is 1.22 bits per heavy atom.